The van der Waals surface area contributed by atoms with Gasteiger partial charge in [0.2, 0.25) is 5.95 Å². The average molecular weight is 477 g/mol. The lowest BCUT2D eigenvalue weighted by atomic mass is 9.91. The fourth-order valence-electron chi connectivity index (χ4n) is 3.95. The summed E-state index contributed by atoms with van der Waals surface area (Å²) in [4.78, 5) is 44.2. The van der Waals surface area contributed by atoms with Crippen LogP contribution in [0.3, 0.4) is 0 Å². The van der Waals surface area contributed by atoms with E-state index in [2.05, 4.69) is 25.3 Å². The van der Waals surface area contributed by atoms with Gasteiger partial charge < -0.3 is 10.2 Å². The van der Waals surface area contributed by atoms with Gasteiger partial charge in [0.05, 0.1) is 22.5 Å². The first-order valence-corrected chi connectivity index (χ1v) is 11.7. The molecule has 0 spiro atoms. The topological polar surface area (TPSA) is 101 Å². The molecule has 0 saturated carbocycles. The summed E-state index contributed by atoms with van der Waals surface area (Å²) in [6, 6.07) is 6.33. The van der Waals surface area contributed by atoms with Crippen molar-refractivity contribution in [3.8, 4) is 0 Å². The highest BCUT2D eigenvalue weighted by Crippen LogP contribution is 2.29. The number of carbonyl (C=O) groups excluding carboxylic acids is 2. The van der Waals surface area contributed by atoms with Crippen LogP contribution in [0.25, 0.3) is 10.2 Å². The molecule has 5 heterocycles. The largest absolute Gasteiger partial charge is 0.348 e. The van der Waals surface area contributed by atoms with E-state index in [4.69, 9.17) is 0 Å². The van der Waals surface area contributed by atoms with Crippen molar-refractivity contribution in [1.29, 1.82) is 0 Å². The molecule has 0 bridgehead atoms. The predicted octanol–water partition coefficient (Wildman–Crippen LogP) is 4.14. The minimum absolute atomic E-state index is 0.0505. The molecule has 4 aromatic heterocycles. The van der Waals surface area contributed by atoms with Gasteiger partial charge in [0, 0.05) is 49.6 Å². The van der Waals surface area contributed by atoms with Crippen molar-refractivity contribution in [1.82, 2.24) is 24.8 Å². The highest BCUT2D eigenvalue weighted by molar-refractivity contribution is 7.17. The summed E-state index contributed by atoms with van der Waals surface area (Å²) in [5.41, 5.74) is 2.27. The lowest BCUT2D eigenvalue weighted by molar-refractivity contribution is 0.0466. The van der Waals surface area contributed by atoms with Crippen LogP contribution in [-0.2, 0) is 0 Å². The van der Waals surface area contributed by atoms with E-state index in [-0.39, 0.29) is 29.6 Å². The molecule has 10 heteroatoms. The van der Waals surface area contributed by atoms with Gasteiger partial charge in [-0.05, 0) is 42.1 Å². The summed E-state index contributed by atoms with van der Waals surface area (Å²) in [5.74, 6) is -0.162. The number of nitrogens with zero attached hydrogens (tertiary/aromatic N) is 5. The zero-order valence-electron chi connectivity index (χ0n) is 18.3. The fraction of sp³-hybridized carbons (Fsp3) is 0.250. The molecule has 172 valence electrons. The Hall–Kier alpha value is -3.79. The molecule has 0 radical (unpaired) electrons. The number of thiophene rings is 1. The Bertz CT molecular complexity index is 1360. The molecule has 1 amide bonds. The Morgan fingerprint density at radius 3 is 2.74 bits per heavy atom. The first-order chi connectivity index (χ1) is 16.5. The van der Waals surface area contributed by atoms with Crippen LogP contribution in [0.15, 0.2) is 54.4 Å². The van der Waals surface area contributed by atoms with Crippen LogP contribution in [0.2, 0.25) is 0 Å². The van der Waals surface area contributed by atoms with Gasteiger partial charge in [0.25, 0.3) is 5.91 Å². The number of amides is 1. The molecule has 1 atom stereocenters. The Morgan fingerprint density at radius 1 is 1.18 bits per heavy atom. The van der Waals surface area contributed by atoms with Gasteiger partial charge in [0.1, 0.15) is 5.82 Å². The molecule has 8 nitrogen and oxygen atoms in total. The highest BCUT2D eigenvalue weighted by Gasteiger charge is 2.34. The van der Waals surface area contributed by atoms with Crippen LogP contribution in [0.4, 0.5) is 10.3 Å². The van der Waals surface area contributed by atoms with Gasteiger partial charge in [-0.1, -0.05) is 0 Å². The second-order valence-electron chi connectivity index (χ2n) is 8.27. The maximum atomic E-state index is 13.6. The number of hydrogen-bond acceptors (Lipinski definition) is 8. The van der Waals surface area contributed by atoms with Gasteiger partial charge in [-0.3, -0.25) is 19.6 Å². The minimum Gasteiger partial charge on any atom is -0.348 e. The zero-order chi connectivity index (χ0) is 23.7. The maximum absolute atomic E-state index is 13.6. The number of likely N-dealkylation sites (tertiary alicyclic amines) is 1. The zero-order valence-corrected chi connectivity index (χ0v) is 19.1. The van der Waals surface area contributed by atoms with E-state index in [1.54, 1.807) is 35.6 Å². The lowest BCUT2D eigenvalue weighted by Gasteiger charge is -2.38. The smallest absolute Gasteiger partial charge is 0.274 e. The fourth-order valence-corrected chi connectivity index (χ4v) is 4.76. The van der Waals surface area contributed by atoms with Crippen molar-refractivity contribution < 1.29 is 14.0 Å². The number of Topliss-reactive ketones (excluding diaryl/α,β-unsaturated/α-hetero) is 1. The summed E-state index contributed by atoms with van der Waals surface area (Å²) < 4.78 is 14.3. The number of ketones is 1. The Morgan fingerprint density at radius 2 is 1.97 bits per heavy atom. The SMILES string of the molecule is C[C@H](Nc1nc(C(=O)N2CC(CC(=O)c3ccncc3)C2)c2sccc2n1)c1cncc(F)c1. The molecule has 1 saturated heterocycles. The van der Waals surface area contributed by atoms with Gasteiger partial charge >= 0.3 is 0 Å². The summed E-state index contributed by atoms with van der Waals surface area (Å²) >= 11 is 1.41. The van der Waals surface area contributed by atoms with E-state index in [0.29, 0.717) is 46.5 Å². The summed E-state index contributed by atoms with van der Waals surface area (Å²) in [6.45, 7) is 2.85. The normalized spacial score (nSPS) is 14.6. The number of rotatable bonds is 7. The molecular weight excluding hydrogens is 455 g/mol. The Kier molecular flexibility index (Phi) is 5.97. The van der Waals surface area contributed by atoms with Crippen LogP contribution >= 0.6 is 11.3 Å². The van der Waals surface area contributed by atoms with Gasteiger partial charge in [-0.15, -0.1) is 11.3 Å². The molecule has 34 heavy (non-hydrogen) atoms. The molecule has 0 unspecified atom stereocenters. The third-order valence-electron chi connectivity index (χ3n) is 5.80. The molecule has 4 aromatic rings. The molecule has 1 fully saturated rings. The predicted molar refractivity (Wildman–Crippen MR) is 126 cm³/mol. The Balaban J connectivity index is 1.29. The maximum Gasteiger partial charge on any atom is 0.274 e. The van der Waals surface area contributed by atoms with Crippen molar-refractivity contribution in [2.75, 3.05) is 18.4 Å². The number of aromatic nitrogens is 4. The first kappa shape index (κ1) is 22.0. The van der Waals surface area contributed by atoms with Crippen molar-refractivity contribution >= 4 is 39.2 Å². The number of anilines is 1. The average Bonchev–Trinajstić information content (AvgIpc) is 3.29. The molecule has 1 aliphatic rings. The molecule has 1 aliphatic heterocycles. The molecule has 5 rings (SSSR count). The van der Waals surface area contributed by atoms with Crippen LogP contribution < -0.4 is 5.32 Å². The van der Waals surface area contributed by atoms with Crippen molar-refractivity contribution in [2.45, 2.75) is 19.4 Å². The lowest BCUT2D eigenvalue weighted by Crippen LogP contribution is -2.50. The molecular formula is C24H21FN6O2S. The number of halogens is 1. The number of pyridine rings is 2. The van der Waals surface area contributed by atoms with Crippen LogP contribution in [0, 0.1) is 11.7 Å². The van der Waals surface area contributed by atoms with Crippen molar-refractivity contribution in [2.24, 2.45) is 5.92 Å². The second kappa shape index (κ2) is 9.22. The van der Waals surface area contributed by atoms with Gasteiger partial charge in [-0.2, -0.15) is 0 Å². The standard InChI is InChI=1S/C24H21FN6O2S/c1-14(17-9-18(25)11-27-10-17)28-24-29-19-4-7-34-22(19)21(30-24)23(33)31-12-15(13-31)8-20(32)16-2-5-26-6-3-16/h2-7,9-11,14-15H,8,12-13H2,1H3,(H,28,29,30)/t14-/m0/s1. The second-order valence-corrected chi connectivity index (χ2v) is 9.19. The number of fused-ring (bicyclic) bond motifs is 1. The number of nitrogens with one attached hydrogen (secondary N) is 1. The third kappa shape index (κ3) is 4.49. The summed E-state index contributed by atoms with van der Waals surface area (Å²) in [6.07, 6.45) is 6.30. The third-order valence-corrected chi connectivity index (χ3v) is 6.71. The van der Waals surface area contributed by atoms with Gasteiger partial charge in [0.15, 0.2) is 11.5 Å². The molecule has 1 N–H and O–H groups in total. The number of hydrogen-bond donors (Lipinski definition) is 1. The van der Waals surface area contributed by atoms with E-state index in [1.807, 2.05) is 18.4 Å². The monoisotopic (exact) mass is 476 g/mol. The summed E-state index contributed by atoms with van der Waals surface area (Å²) in [5, 5.41) is 5.01. The Labute approximate surface area is 198 Å². The molecule has 0 aromatic carbocycles. The van der Waals surface area contributed by atoms with E-state index in [0.717, 1.165) is 6.20 Å². The van der Waals surface area contributed by atoms with E-state index in [1.165, 1.54) is 17.4 Å². The van der Waals surface area contributed by atoms with E-state index < -0.39 is 5.82 Å². The van der Waals surface area contributed by atoms with Gasteiger partial charge in [-0.25, -0.2) is 14.4 Å². The van der Waals surface area contributed by atoms with Crippen LogP contribution in [0.1, 0.15) is 45.8 Å². The van der Waals surface area contributed by atoms with Crippen LogP contribution in [-0.4, -0.2) is 49.6 Å². The van der Waals surface area contributed by atoms with E-state index >= 15 is 0 Å². The van der Waals surface area contributed by atoms with Crippen molar-refractivity contribution in [3.63, 3.8) is 0 Å². The van der Waals surface area contributed by atoms with E-state index in [9.17, 15) is 14.0 Å². The van der Waals surface area contributed by atoms with Crippen molar-refractivity contribution in [3.05, 3.63) is 77.1 Å². The quantitative estimate of drug-likeness (QED) is 0.400. The highest BCUT2D eigenvalue weighted by atomic mass is 32.1. The van der Waals surface area contributed by atoms with Crippen LogP contribution in [0.5, 0.6) is 0 Å². The minimum atomic E-state index is -0.425. The molecule has 0 aliphatic carbocycles. The number of carbonyl (C=O) groups is 2. The summed E-state index contributed by atoms with van der Waals surface area (Å²) in [7, 11) is 0. The first-order valence-electron chi connectivity index (χ1n) is 10.8.